The van der Waals surface area contributed by atoms with Crippen molar-refractivity contribution < 1.29 is 14.7 Å². The van der Waals surface area contributed by atoms with Crippen LogP contribution in [0.3, 0.4) is 0 Å². The zero-order chi connectivity index (χ0) is 24.2. The van der Waals surface area contributed by atoms with Gasteiger partial charge in [0, 0.05) is 17.3 Å². The molecule has 0 aromatic rings. The Kier molecular flexibility index (Phi) is 5.06. The van der Waals surface area contributed by atoms with Gasteiger partial charge in [0.05, 0.1) is 6.10 Å². The second-order valence-corrected chi connectivity index (χ2v) is 15.1. The van der Waals surface area contributed by atoms with Crippen LogP contribution in [0, 0.1) is 56.2 Å². The molecular weight excluding hydrogens is 408 g/mol. The molecule has 0 spiro atoms. The van der Waals surface area contributed by atoms with Crippen molar-refractivity contribution in [2.75, 3.05) is 0 Å². The third-order valence-corrected chi connectivity index (χ3v) is 13.5. The van der Waals surface area contributed by atoms with Crippen molar-refractivity contribution in [1.82, 2.24) is 0 Å². The topological polar surface area (TPSA) is 54.4 Å². The molecule has 0 radical (unpaired) electrons. The molecule has 3 nitrogen and oxygen atoms in total. The van der Waals surface area contributed by atoms with Crippen molar-refractivity contribution in [2.45, 2.75) is 119 Å². The van der Waals surface area contributed by atoms with Gasteiger partial charge in [-0.25, -0.2) is 0 Å². The van der Waals surface area contributed by atoms with E-state index in [9.17, 15) is 14.7 Å². The summed E-state index contributed by atoms with van der Waals surface area (Å²) in [5.74, 6) is 1.63. The maximum atomic E-state index is 14.3. The summed E-state index contributed by atoms with van der Waals surface area (Å²) in [6.07, 6.45) is 10.9. The summed E-state index contributed by atoms with van der Waals surface area (Å²) < 4.78 is 0. The number of carbonyl (C=O) groups excluding carboxylic acids is 2. The van der Waals surface area contributed by atoms with Gasteiger partial charge in [-0.1, -0.05) is 48.5 Å². The molecule has 1 N–H and O–H groups in total. The Morgan fingerprint density at radius 2 is 1.55 bits per heavy atom. The number of hydrogen-bond donors (Lipinski definition) is 1. The third-order valence-electron chi connectivity index (χ3n) is 13.5. The van der Waals surface area contributed by atoms with Crippen LogP contribution in [0.5, 0.6) is 0 Å². The molecule has 0 bridgehead atoms. The van der Waals surface area contributed by atoms with Crippen molar-refractivity contribution in [1.29, 1.82) is 0 Å². The first-order chi connectivity index (χ1) is 15.2. The van der Waals surface area contributed by atoms with E-state index in [1.54, 1.807) is 0 Å². The summed E-state index contributed by atoms with van der Waals surface area (Å²) in [6.45, 7) is 16.5. The van der Waals surface area contributed by atoms with Gasteiger partial charge >= 0.3 is 0 Å². The molecule has 5 aliphatic carbocycles. The number of hydrogen-bond acceptors (Lipinski definition) is 3. The van der Waals surface area contributed by atoms with Crippen molar-refractivity contribution in [2.24, 2.45) is 56.2 Å². The number of rotatable bonds is 1. The van der Waals surface area contributed by atoms with Gasteiger partial charge in [0.25, 0.3) is 0 Å². The maximum Gasteiger partial charge on any atom is 0.140 e. The lowest BCUT2D eigenvalue weighted by Gasteiger charge is -2.73. The lowest BCUT2D eigenvalue weighted by atomic mass is 9.29. The molecule has 10 atom stereocenters. The molecule has 33 heavy (non-hydrogen) atoms. The first-order valence-corrected chi connectivity index (χ1v) is 13.9. The van der Waals surface area contributed by atoms with Crippen molar-refractivity contribution in [3.05, 3.63) is 0 Å². The number of aliphatic hydroxyl groups excluding tert-OH is 1. The Morgan fingerprint density at radius 3 is 2.21 bits per heavy atom. The maximum absolute atomic E-state index is 14.3. The number of ketones is 1. The molecule has 0 aliphatic heterocycles. The normalized spacial score (nSPS) is 57.8. The lowest BCUT2D eigenvalue weighted by Crippen LogP contribution is -2.71. The van der Waals surface area contributed by atoms with Crippen LogP contribution in [0.1, 0.15) is 113 Å². The van der Waals surface area contributed by atoms with Gasteiger partial charge in [-0.3, -0.25) is 4.79 Å². The zero-order valence-electron chi connectivity index (χ0n) is 22.3. The van der Waals surface area contributed by atoms with Crippen LogP contribution in [0.15, 0.2) is 0 Å². The third kappa shape index (κ3) is 2.78. The van der Waals surface area contributed by atoms with Gasteiger partial charge in [-0.2, -0.15) is 0 Å². The minimum Gasteiger partial charge on any atom is -0.393 e. The molecule has 5 rings (SSSR count). The second kappa shape index (κ2) is 6.95. The van der Waals surface area contributed by atoms with Crippen LogP contribution in [-0.2, 0) is 9.59 Å². The molecule has 0 saturated heterocycles. The predicted molar refractivity (Wildman–Crippen MR) is 132 cm³/mol. The second-order valence-electron chi connectivity index (χ2n) is 15.1. The Hall–Kier alpha value is -0.700. The molecule has 5 saturated carbocycles. The summed E-state index contributed by atoms with van der Waals surface area (Å²) >= 11 is 0. The molecule has 0 heterocycles. The van der Waals surface area contributed by atoms with E-state index in [1.807, 2.05) is 0 Å². The highest BCUT2D eigenvalue weighted by Crippen LogP contribution is 2.77. The van der Waals surface area contributed by atoms with E-state index in [2.05, 4.69) is 48.5 Å². The Bertz CT molecular complexity index is 863. The standard InChI is InChI=1S/C30H48O3/c1-19-20(32)8-9-21-27(19,5)11-10-22-29(7)24(33)17-26(4)13-12-25(2,3)16-23(26)28(29,6)14-15-30(21,22)18-31/h18-23,32H,8-17H2,1-7H3/t19-,20-,21+,22-,23+,26+,27+,28-,29-,30+/m0/s1. The minimum absolute atomic E-state index is 0.0156. The average Bonchev–Trinajstić information content (AvgIpc) is 2.75. The number of fused-ring (bicyclic) bond motifs is 7. The van der Waals surface area contributed by atoms with Crippen LogP contribution < -0.4 is 0 Å². The smallest absolute Gasteiger partial charge is 0.140 e. The quantitative estimate of drug-likeness (QED) is 0.452. The van der Waals surface area contributed by atoms with Crippen molar-refractivity contribution in [3.63, 3.8) is 0 Å². The molecule has 0 aromatic heterocycles. The van der Waals surface area contributed by atoms with E-state index in [0.717, 1.165) is 44.9 Å². The number of aliphatic hydroxyl groups is 1. The van der Waals surface area contributed by atoms with Crippen LogP contribution in [-0.4, -0.2) is 23.3 Å². The van der Waals surface area contributed by atoms with Gasteiger partial charge < -0.3 is 9.90 Å². The van der Waals surface area contributed by atoms with Crippen LogP contribution in [0.4, 0.5) is 0 Å². The van der Waals surface area contributed by atoms with E-state index in [0.29, 0.717) is 23.5 Å². The molecule has 5 aliphatic rings. The van der Waals surface area contributed by atoms with Gasteiger partial charge in [0.15, 0.2) is 0 Å². The molecule has 5 fully saturated rings. The summed E-state index contributed by atoms with van der Waals surface area (Å²) in [5.41, 5.74) is -0.464. The largest absolute Gasteiger partial charge is 0.393 e. The molecular formula is C30H48O3. The van der Waals surface area contributed by atoms with Crippen LogP contribution >= 0.6 is 0 Å². The van der Waals surface area contributed by atoms with E-state index < -0.39 is 10.8 Å². The zero-order valence-corrected chi connectivity index (χ0v) is 22.3. The lowest BCUT2D eigenvalue weighted by molar-refractivity contribution is -0.245. The fourth-order valence-corrected chi connectivity index (χ4v) is 11.0. The van der Waals surface area contributed by atoms with E-state index in [4.69, 9.17) is 0 Å². The first-order valence-electron chi connectivity index (χ1n) is 13.9. The minimum atomic E-state index is -0.426. The molecule has 3 heteroatoms. The fourth-order valence-electron chi connectivity index (χ4n) is 11.0. The fraction of sp³-hybridized carbons (Fsp3) is 0.933. The van der Waals surface area contributed by atoms with Gasteiger partial charge in [-0.05, 0) is 103 Å². The highest BCUT2D eigenvalue weighted by atomic mass is 16.3. The number of carbonyl (C=O) groups is 2. The van der Waals surface area contributed by atoms with Crippen LogP contribution in [0.25, 0.3) is 0 Å². The molecule has 0 unspecified atom stereocenters. The van der Waals surface area contributed by atoms with Crippen LogP contribution in [0.2, 0.25) is 0 Å². The summed E-state index contributed by atoms with van der Waals surface area (Å²) in [5, 5.41) is 10.7. The van der Waals surface area contributed by atoms with Gasteiger partial charge in [-0.15, -0.1) is 0 Å². The van der Waals surface area contributed by atoms with E-state index in [1.165, 1.54) is 19.1 Å². The monoisotopic (exact) mass is 456 g/mol. The highest BCUT2D eigenvalue weighted by molar-refractivity contribution is 5.89. The van der Waals surface area contributed by atoms with E-state index >= 15 is 0 Å². The van der Waals surface area contributed by atoms with Gasteiger partial charge in [0.2, 0.25) is 0 Å². The summed E-state index contributed by atoms with van der Waals surface area (Å²) in [6, 6.07) is 0. The van der Waals surface area contributed by atoms with Gasteiger partial charge in [0.1, 0.15) is 12.1 Å². The Morgan fingerprint density at radius 1 is 0.848 bits per heavy atom. The molecule has 186 valence electrons. The summed E-state index contributed by atoms with van der Waals surface area (Å²) in [7, 11) is 0. The first kappa shape index (κ1) is 24.0. The Balaban J connectivity index is 1.62. The number of aldehydes is 1. The average molecular weight is 457 g/mol. The summed E-state index contributed by atoms with van der Waals surface area (Å²) in [4.78, 5) is 27.5. The Labute approximate surface area is 201 Å². The molecule has 0 amide bonds. The SMILES string of the molecule is C[C@H]1[C@@H](O)CC[C@@H]2[C@]1(C)CC[C@@H]1[C@@]2(C=O)CC[C@@]2(C)[C@@H]3CC(C)(C)CC[C@]3(C)CC(=O)[C@]12C. The highest BCUT2D eigenvalue weighted by Gasteiger charge is 2.74. The predicted octanol–water partition coefficient (Wildman–Crippen LogP) is 6.61. The number of Topliss-reactive ketones (excluding diaryl/α,β-unsaturated/α-hetero) is 1. The molecule has 0 aromatic carbocycles. The van der Waals surface area contributed by atoms with E-state index in [-0.39, 0.29) is 40.1 Å². The van der Waals surface area contributed by atoms with Crippen molar-refractivity contribution >= 4 is 12.1 Å². The van der Waals surface area contributed by atoms with Crippen molar-refractivity contribution in [3.8, 4) is 0 Å².